The zero-order chi connectivity index (χ0) is 14.0. The van der Waals surface area contributed by atoms with Crippen LogP contribution in [0.2, 0.25) is 0 Å². The molecule has 1 aromatic rings. The van der Waals surface area contributed by atoms with Crippen LogP contribution >= 0.6 is 0 Å². The second-order valence-electron chi connectivity index (χ2n) is 5.03. The summed E-state index contributed by atoms with van der Waals surface area (Å²) in [6.45, 7) is 3.62. The van der Waals surface area contributed by atoms with E-state index in [-0.39, 0.29) is 11.7 Å². The molecule has 19 heavy (non-hydrogen) atoms. The van der Waals surface area contributed by atoms with Crippen molar-refractivity contribution in [2.24, 2.45) is 5.92 Å². The monoisotopic (exact) mass is 264 g/mol. The molecule has 2 atom stereocenters. The average Bonchev–Trinajstić information content (AvgIpc) is 2.39. The summed E-state index contributed by atoms with van der Waals surface area (Å²) in [4.78, 5) is 13.3. The van der Waals surface area contributed by atoms with Crippen LogP contribution in [0.5, 0.6) is 0 Å². The number of anilines is 2. The van der Waals surface area contributed by atoms with Crippen LogP contribution in [0.3, 0.4) is 0 Å². The lowest BCUT2D eigenvalue weighted by Gasteiger charge is -2.38. The van der Waals surface area contributed by atoms with E-state index in [1.807, 2.05) is 4.90 Å². The zero-order valence-electron chi connectivity index (χ0n) is 11.3. The van der Waals surface area contributed by atoms with E-state index in [4.69, 9.17) is 10.5 Å². The molecule has 0 saturated carbocycles. The van der Waals surface area contributed by atoms with Crippen LogP contribution in [0, 0.1) is 5.92 Å². The van der Waals surface area contributed by atoms with Gasteiger partial charge in [-0.2, -0.15) is 0 Å². The van der Waals surface area contributed by atoms with Gasteiger partial charge in [0.05, 0.1) is 23.0 Å². The fourth-order valence-corrected chi connectivity index (χ4v) is 2.63. The SMILES string of the molecule is COC1CN(c2c(N)cccc2C(=O)O)CCC1C. The highest BCUT2D eigenvalue weighted by molar-refractivity contribution is 5.98. The molecule has 1 aliphatic heterocycles. The molecule has 1 saturated heterocycles. The maximum atomic E-state index is 11.3. The van der Waals surface area contributed by atoms with Crippen molar-refractivity contribution in [3.8, 4) is 0 Å². The molecule has 0 aromatic heterocycles. The first-order valence-corrected chi connectivity index (χ1v) is 6.44. The number of carboxylic acids is 1. The zero-order valence-corrected chi connectivity index (χ0v) is 11.3. The van der Waals surface area contributed by atoms with Crippen LogP contribution in [0.1, 0.15) is 23.7 Å². The molecule has 1 heterocycles. The molecule has 0 radical (unpaired) electrons. The summed E-state index contributed by atoms with van der Waals surface area (Å²) >= 11 is 0. The first-order chi connectivity index (χ1) is 9.04. The number of para-hydroxylation sites is 1. The van der Waals surface area contributed by atoms with E-state index < -0.39 is 5.97 Å². The number of ether oxygens (including phenoxy) is 1. The average molecular weight is 264 g/mol. The Labute approximate surface area is 113 Å². The maximum absolute atomic E-state index is 11.3. The summed E-state index contributed by atoms with van der Waals surface area (Å²) in [5, 5.41) is 9.28. The summed E-state index contributed by atoms with van der Waals surface area (Å²) in [7, 11) is 1.69. The number of nitrogens with two attached hydrogens (primary N) is 1. The molecule has 0 bridgehead atoms. The fraction of sp³-hybridized carbons (Fsp3) is 0.500. The lowest BCUT2D eigenvalue weighted by molar-refractivity contribution is 0.0496. The number of carbonyl (C=O) groups is 1. The third-order valence-corrected chi connectivity index (χ3v) is 3.81. The number of carboxylic acid groups (broad SMARTS) is 1. The van der Waals surface area contributed by atoms with Crippen molar-refractivity contribution in [1.82, 2.24) is 0 Å². The van der Waals surface area contributed by atoms with Gasteiger partial charge in [0.15, 0.2) is 0 Å². The van der Waals surface area contributed by atoms with Crippen LogP contribution in [0.25, 0.3) is 0 Å². The summed E-state index contributed by atoms with van der Waals surface area (Å²) in [6.07, 6.45) is 1.07. The second-order valence-corrected chi connectivity index (χ2v) is 5.03. The number of benzene rings is 1. The molecule has 1 aromatic carbocycles. The predicted molar refractivity (Wildman–Crippen MR) is 74.6 cm³/mol. The Bertz CT molecular complexity index is 476. The highest BCUT2D eigenvalue weighted by Crippen LogP contribution is 2.32. The van der Waals surface area contributed by atoms with Gasteiger partial charge in [0, 0.05) is 20.2 Å². The predicted octanol–water partition coefficient (Wildman–Crippen LogP) is 1.83. The number of piperidine rings is 1. The molecular formula is C14H20N2O3. The quantitative estimate of drug-likeness (QED) is 0.815. The largest absolute Gasteiger partial charge is 0.478 e. The van der Waals surface area contributed by atoms with Crippen molar-refractivity contribution < 1.29 is 14.6 Å². The number of aromatic carboxylic acids is 1. The highest BCUT2D eigenvalue weighted by Gasteiger charge is 2.29. The number of methoxy groups -OCH3 is 1. The van der Waals surface area contributed by atoms with Gasteiger partial charge in [-0.05, 0) is 24.5 Å². The Hall–Kier alpha value is -1.75. The van der Waals surface area contributed by atoms with Gasteiger partial charge < -0.3 is 20.5 Å². The fourth-order valence-electron chi connectivity index (χ4n) is 2.63. The van der Waals surface area contributed by atoms with Crippen LogP contribution in [0.4, 0.5) is 11.4 Å². The molecule has 0 amide bonds. The Morgan fingerprint density at radius 3 is 2.89 bits per heavy atom. The van der Waals surface area contributed by atoms with Gasteiger partial charge in [-0.25, -0.2) is 4.79 Å². The standard InChI is InChI=1S/C14H20N2O3/c1-9-6-7-16(8-12(9)19-2)13-10(14(17)18)4-3-5-11(13)15/h3-5,9,12H,6-8,15H2,1-2H3,(H,17,18). The third kappa shape index (κ3) is 2.66. The van der Waals surface area contributed by atoms with Gasteiger partial charge in [-0.3, -0.25) is 0 Å². The van der Waals surface area contributed by atoms with Crippen LogP contribution < -0.4 is 10.6 Å². The van der Waals surface area contributed by atoms with E-state index in [1.54, 1.807) is 25.3 Å². The third-order valence-electron chi connectivity index (χ3n) is 3.81. The van der Waals surface area contributed by atoms with E-state index in [2.05, 4.69) is 6.92 Å². The topological polar surface area (TPSA) is 75.8 Å². The van der Waals surface area contributed by atoms with E-state index >= 15 is 0 Å². The Balaban J connectivity index is 2.34. The lowest BCUT2D eigenvalue weighted by Crippen LogP contribution is -2.44. The van der Waals surface area contributed by atoms with Crippen LogP contribution in [-0.2, 0) is 4.74 Å². The Morgan fingerprint density at radius 2 is 2.26 bits per heavy atom. The minimum absolute atomic E-state index is 0.106. The van der Waals surface area contributed by atoms with Crippen molar-refractivity contribution in [2.75, 3.05) is 30.8 Å². The summed E-state index contributed by atoms with van der Waals surface area (Å²) in [6, 6.07) is 5.00. The number of rotatable bonds is 3. The van der Waals surface area contributed by atoms with E-state index in [0.717, 1.165) is 13.0 Å². The first-order valence-electron chi connectivity index (χ1n) is 6.44. The summed E-state index contributed by atoms with van der Waals surface area (Å²) in [5.41, 5.74) is 7.34. The van der Waals surface area contributed by atoms with Crippen molar-refractivity contribution in [3.05, 3.63) is 23.8 Å². The number of hydrogen-bond donors (Lipinski definition) is 2. The number of nitrogens with zero attached hydrogens (tertiary/aromatic N) is 1. The highest BCUT2D eigenvalue weighted by atomic mass is 16.5. The van der Waals surface area contributed by atoms with Gasteiger partial charge >= 0.3 is 5.97 Å². The molecule has 2 rings (SSSR count). The molecule has 2 unspecified atom stereocenters. The minimum Gasteiger partial charge on any atom is -0.478 e. The van der Waals surface area contributed by atoms with Gasteiger partial charge in [-0.1, -0.05) is 13.0 Å². The molecule has 0 spiro atoms. The van der Waals surface area contributed by atoms with Gasteiger partial charge in [0.1, 0.15) is 0 Å². The number of nitrogen functional groups attached to an aromatic ring is 1. The number of hydrogen-bond acceptors (Lipinski definition) is 4. The smallest absolute Gasteiger partial charge is 0.337 e. The molecule has 5 nitrogen and oxygen atoms in total. The maximum Gasteiger partial charge on any atom is 0.337 e. The molecule has 0 aliphatic carbocycles. The lowest BCUT2D eigenvalue weighted by atomic mass is 9.94. The van der Waals surface area contributed by atoms with Crippen LogP contribution in [-0.4, -0.2) is 37.4 Å². The molecule has 3 N–H and O–H groups in total. The Kier molecular flexibility index (Phi) is 3.95. The van der Waals surface area contributed by atoms with Crippen molar-refractivity contribution in [1.29, 1.82) is 0 Å². The van der Waals surface area contributed by atoms with Gasteiger partial charge in [0.25, 0.3) is 0 Å². The normalized spacial score (nSPS) is 23.4. The van der Waals surface area contributed by atoms with Crippen molar-refractivity contribution >= 4 is 17.3 Å². The van der Waals surface area contributed by atoms with Gasteiger partial charge in [0.2, 0.25) is 0 Å². The van der Waals surface area contributed by atoms with E-state index in [9.17, 15) is 9.90 Å². The Morgan fingerprint density at radius 1 is 1.53 bits per heavy atom. The van der Waals surface area contributed by atoms with E-state index in [1.165, 1.54) is 0 Å². The molecule has 104 valence electrons. The summed E-state index contributed by atoms with van der Waals surface area (Å²) in [5.74, 6) is -0.477. The first kappa shape index (κ1) is 13.7. The molecular weight excluding hydrogens is 244 g/mol. The van der Waals surface area contributed by atoms with Crippen molar-refractivity contribution in [2.45, 2.75) is 19.4 Å². The van der Waals surface area contributed by atoms with Crippen molar-refractivity contribution in [3.63, 3.8) is 0 Å². The molecule has 5 heteroatoms. The molecule has 1 aliphatic rings. The van der Waals surface area contributed by atoms with Crippen LogP contribution in [0.15, 0.2) is 18.2 Å². The van der Waals surface area contributed by atoms with E-state index in [0.29, 0.717) is 23.8 Å². The molecule has 1 fully saturated rings. The minimum atomic E-state index is -0.949. The second kappa shape index (κ2) is 5.48. The summed E-state index contributed by atoms with van der Waals surface area (Å²) < 4.78 is 5.47. The van der Waals surface area contributed by atoms with Gasteiger partial charge in [-0.15, -0.1) is 0 Å².